The number of nitrogens with zero attached hydrogens (tertiary/aromatic N) is 1. The molecule has 0 bridgehead atoms. The van der Waals surface area contributed by atoms with Gasteiger partial charge in [0.25, 0.3) is 0 Å². The molecule has 0 N–H and O–H groups in total. The Morgan fingerprint density at radius 2 is 2.38 bits per heavy atom. The Bertz CT molecular complexity index is 347. The maximum Gasteiger partial charge on any atom is 0.235 e. The van der Waals surface area contributed by atoms with Crippen molar-refractivity contribution in [2.24, 2.45) is 4.99 Å². The summed E-state index contributed by atoms with van der Waals surface area (Å²) in [6.45, 7) is 0.0619. The SMILES string of the molecule is CSc1cccc(F)c1CN=C=O. The van der Waals surface area contributed by atoms with E-state index < -0.39 is 0 Å². The lowest BCUT2D eigenvalue weighted by Crippen LogP contribution is -1.91. The summed E-state index contributed by atoms with van der Waals surface area (Å²) in [5, 5.41) is 0. The first kappa shape index (κ1) is 9.96. The highest BCUT2D eigenvalue weighted by Crippen LogP contribution is 2.23. The van der Waals surface area contributed by atoms with Crippen molar-refractivity contribution < 1.29 is 9.18 Å². The van der Waals surface area contributed by atoms with E-state index in [1.165, 1.54) is 23.9 Å². The Morgan fingerprint density at radius 1 is 1.62 bits per heavy atom. The van der Waals surface area contributed by atoms with Gasteiger partial charge in [-0.15, -0.1) is 11.8 Å². The van der Waals surface area contributed by atoms with Crippen molar-refractivity contribution in [3.63, 3.8) is 0 Å². The van der Waals surface area contributed by atoms with E-state index in [4.69, 9.17) is 0 Å². The molecule has 1 aromatic carbocycles. The fraction of sp³-hybridized carbons (Fsp3) is 0.222. The van der Waals surface area contributed by atoms with Crippen LogP contribution in [0.1, 0.15) is 5.56 Å². The smallest absolute Gasteiger partial charge is 0.211 e. The van der Waals surface area contributed by atoms with E-state index in [9.17, 15) is 9.18 Å². The third-order valence-electron chi connectivity index (χ3n) is 1.60. The van der Waals surface area contributed by atoms with Gasteiger partial charge in [-0.2, -0.15) is 0 Å². The molecule has 0 unspecified atom stereocenters. The minimum absolute atomic E-state index is 0.0619. The lowest BCUT2D eigenvalue weighted by molar-refractivity contribution is 0.561. The summed E-state index contributed by atoms with van der Waals surface area (Å²) in [5.41, 5.74) is 0.457. The molecule has 13 heavy (non-hydrogen) atoms. The molecule has 1 aromatic rings. The molecule has 68 valence electrons. The van der Waals surface area contributed by atoms with Crippen LogP contribution in [-0.4, -0.2) is 12.3 Å². The topological polar surface area (TPSA) is 29.4 Å². The van der Waals surface area contributed by atoms with Gasteiger partial charge < -0.3 is 0 Å². The molecule has 2 nitrogen and oxygen atoms in total. The van der Waals surface area contributed by atoms with Crippen molar-refractivity contribution in [2.75, 3.05) is 6.26 Å². The molecule has 0 aliphatic carbocycles. The van der Waals surface area contributed by atoms with Gasteiger partial charge in [0, 0.05) is 10.5 Å². The predicted octanol–water partition coefficient (Wildman–Crippen LogP) is 2.38. The van der Waals surface area contributed by atoms with Gasteiger partial charge in [0.05, 0.1) is 6.54 Å². The monoisotopic (exact) mass is 197 g/mol. The van der Waals surface area contributed by atoms with E-state index in [2.05, 4.69) is 4.99 Å². The Labute approximate surface area is 79.9 Å². The molecule has 1 rings (SSSR count). The number of rotatable bonds is 3. The van der Waals surface area contributed by atoms with Crippen molar-refractivity contribution in [3.8, 4) is 0 Å². The van der Waals surface area contributed by atoms with E-state index in [0.717, 1.165) is 4.90 Å². The highest BCUT2D eigenvalue weighted by atomic mass is 32.2. The van der Waals surface area contributed by atoms with Gasteiger partial charge in [0.2, 0.25) is 6.08 Å². The summed E-state index contributed by atoms with van der Waals surface area (Å²) in [4.78, 5) is 14.0. The summed E-state index contributed by atoms with van der Waals surface area (Å²) >= 11 is 1.43. The maximum absolute atomic E-state index is 13.2. The number of carbonyl (C=O) groups excluding carboxylic acids is 1. The average molecular weight is 197 g/mol. The Balaban J connectivity index is 3.06. The molecule has 0 spiro atoms. The van der Waals surface area contributed by atoms with E-state index >= 15 is 0 Å². The maximum atomic E-state index is 13.2. The fourth-order valence-electron chi connectivity index (χ4n) is 0.995. The summed E-state index contributed by atoms with van der Waals surface area (Å²) in [6, 6.07) is 4.79. The van der Waals surface area contributed by atoms with Gasteiger partial charge in [-0.3, -0.25) is 0 Å². The normalized spacial score (nSPS) is 9.38. The van der Waals surface area contributed by atoms with Gasteiger partial charge in [0.1, 0.15) is 5.82 Å². The molecule has 0 aromatic heterocycles. The number of hydrogen-bond donors (Lipinski definition) is 0. The van der Waals surface area contributed by atoms with Crippen LogP contribution in [0.2, 0.25) is 0 Å². The first-order chi connectivity index (χ1) is 6.29. The Morgan fingerprint density at radius 3 is 3.00 bits per heavy atom. The van der Waals surface area contributed by atoms with Crippen molar-refractivity contribution in [3.05, 3.63) is 29.6 Å². The number of benzene rings is 1. The number of halogens is 1. The van der Waals surface area contributed by atoms with Gasteiger partial charge >= 0.3 is 0 Å². The average Bonchev–Trinajstić information content (AvgIpc) is 2.15. The van der Waals surface area contributed by atoms with E-state index in [1.807, 2.05) is 6.26 Å². The lowest BCUT2D eigenvalue weighted by atomic mass is 10.2. The van der Waals surface area contributed by atoms with Crippen molar-refractivity contribution >= 4 is 17.8 Å². The largest absolute Gasteiger partial charge is 0.235 e. The molecule has 0 saturated carbocycles. The number of hydrogen-bond acceptors (Lipinski definition) is 3. The van der Waals surface area contributed by atoms with Gasteiger partial charge in [-0.25, -0.2) is 14.2 Å². The van der Waals surface area contributed by atoms with Crippen molar-refractivity contribution in [1.29, 1.82) is 0 Å². The highest BCUT2D eigenvalue weighted by molar-refractivity contribution is 7.98. The Kier molecular flexibility index (Phi) is 3.68. The number of aliphatic imine (C=N–C) groups is 1. The quantitative estimate of drug-likeness (QED) is 0.423. The number of thioether (sulfide) groups is 1. The van der Waals surface area contributed by atoms with Crippen LogP contribution in [0.3, 0.4) is 0 Å². The minimum Gasteiger partial charge on any atom is -0.211 e. The molecule has 0 radical (unpaired) electrons. The standard InChI is InChI=1S/C9H8FNOS/c1-13-9-4-2-3-8(10)7(9)5-11-6-12/h2-4H,5H2,1H3. The van der Waals surface area contributed by atoms with Crippen LogP contribution in [-0.2, 0) is 11.3 Å². The molecular formula is C9H8FNOS. The summed E-state index contributed by atoms with van der Waals surface area (Å²) in [6.07, 6.45) is 3.24. The first-order valence-corrected chi connectivity index (χ1v) is 4.87. The minimum atomic E-state index is -0.328. The second-order valence-electron chi connectivity index (χ2n) is 2.33. The van der Waals surface area contributed by atoms with Crippen LogP contribution < -0.4 is 0 Å². The molecule has 0 saturated heterocycles. The highest BCUT2D eigenvalue weighted by Gasteiger charge is 2.05. The fourth-order valence-corrected chi connectivity index (χ4v) is 1.62. The van der Waals surface area contributed by atoms with Gasteiger partial charge in [0.15, 0.2) is 0 Å². The van der Waals surface area contributed by atoms with Gasteiger partial charge in [-0.05, 0) is 18.4 Å². The van der Waals surface area contributed by atoms with Crippen LogP contribution >= 0.6 is 11.8 Å². The molecule has 0 aliphatic rings. The van der Waals surface area contributed by atoms with Crippen LogP contribution in [0.15, 0.2) is 28.1 Å². The predicted molar refractivity (Wildman–Crippen MR) is 50.0 cm³/mol. The van der Waals surface area contributed by atoms with Crippen LogP contribution in [0, 0.1) is 5.82 Å². The second kappa shape index (κ2) is 4.80. The van der Waals surface area contributed by atoms with E-state index in [-0.39, 0.29) is 12.4 Å². The summed E-state index contributed by atoms with van der Waals surface area (Å²) in [7, 11) is 0. The van der Waals surface area contributed by atoms with Crippen LogP contribution in [0.4, 0.5) is 4.39 Å². The summed E-state index contributed by atoms with van der Waals surface area (Å²) in [5.74, 6) is -0.328. The third-order valence-corrected chi connectivity index (χ3v) is 2.42. The molecule has 0 amide bonds. The van der Waals surface area contributed by atoms with Crippen molar-refractivity contribution in [1.82, 2.24) is 0 Å². The lowest BCUT2D eigenvalue weighted by Gasteiger charge is -2.04. The zero-order valence-electron chi connectivity index (χ0n) is 7.08. The van der Waals surface area contributed by atoms with E-state index in [1.54, 1.807) is 12.1 Å². The molecule has 0 fully saturated rings. The number of isocyanates is 1. The zero-order chi connectivity index (χ0) is 9.68. The second-order valence-corrected chi connectivity index (χ2v) is 3.18. The first-order valence-electron chi connectivity index (χ1n) is 3.64. The Hall–Kier alpha value is -1.12. The van der Waals surface area contributed by atoms with Crippen LogP contribution in [0.5, 0.6) is 0 Å². The molecule has 0 aliphatic heterocycles. The van der Waals surface area contributed by atoms with E-state index in [0.29, 0.717) is 5.56 Å². The molecule has 4 heteroatoms. The van der Waals surface area contributed by atoms with Gasteiger partial charge in [-0.1, -0.05) is 6.07 Å². The zero-order valence-corrected chi connectivity index (χ0v) is 7.90. The molecule has 0 heterocycles. The third kappa shape index (κ3) is 2.41. The molecule has 0 atom stereocenters. The van der Waals surface area contributed by atoms with Crippen LogP contribution in [0.25, 0.3) is 0 Å². The molecular weight excluding hydrogens is 189 g/mol. The summed E-state index contributed by atoms with van der Waals surface area (Å²) < 4.78 is 13.2. The van der Waals surface area contributed by atoms with Crippen molar-refractivity contribution in [2.45, 2.75) is 11.4 Å².